The number of anilines is 1. The maximum atomic E-state index is 13.9. The molecule has 2 aliphatic heterocycles. The Labute approximate surface area is 345 Å². The Kier molecular flexibility index (Phi) is 11.7. The molecule has 4 heterocycles. The van der Waals surface area contributed by atoms with Gasteiger partial charge in [0.25, 0.3) is 10.2 Å². The van der Waals surface area contributed by atoms with Crippen LogP contribution in [0.1, 0.15) is 46.3 Å². The standard InChI is InChI=1S/C45H52N6O7S/c1-6-56-45(52)44-36(14-10-27-57-40-15-9-12-32-11-7-8-13-35(32)40)37-21-16-31(2)41-42-38(46-48(5)39(42)30-55-28-26-51(44)43(37)41)29-58-34-19-17-33(18-20-34)49-22-24-50(25-23-49)59(53,54)47(3)4/h7-9,11-13,15-21H,6,10,14,22-30H2,1-5H3. The van der Waals surface area contributed by atoms with Crippen LogP contribution < -0.4 is 14.4 Å². The highest BCUT2D eigenvalue weighted by Gasteiger charge is 2.31. The number of hydrogen-bond donors (Lipinski definition) is 0. The molecule has 4 aromatic carbocycles. The van der Waals surface area contributed by atoms with Gasteiger partial charge in [0.05, 0.1) is 37.6 Å². The average Bonchev–Trinajstić information content (AvgIpc) is 3.75. The first kappa shape index (κ1) is 40.4. The third kappa shape index (κ3) is 7.89. The summed E-state index contributed by atoms with van der Waals surface area (Å²) in [5, 5.41) is 8.19. The molecule has 0 radical (unpaired) electrons. The summed E-state index contributed by atoms with van der Waals surface area (Å²) in [6.45, 7) is 8.16. The lowest BCUT2D eigenvalue weighted by molar-refractivity contribution is 0.0508. The molecule has 1 saturated heterocycles. The van der Waals surface area contributed by atoms with Gasteiger partial charge in [0.1, 0.15) is 29.5 Å². The van der Waals surface area contributed by atoms with Gasteiger partial charge < -0.3 is 28.4 Å². The third-order valence-corrected chi connectivity index (χ3v) is 13.3. The zero-order chi connectivity index (χ0) is 41.3. The van der Waals surface area contributed by atoms with Crippen LogP contribution >= 0.6 is 0 Å². The van der Waals surface area contributed by atoms with Crippen molar-refractivity contribution in [2.45, 2.75) is 46.4 Å². The summed E-state index contributed by atoms with van der Waals surface area (Å²) in [6.07, 6.45) is 1.31. The molecule has 2 aromatic heterocycles. The van der Waals surface area contributed by atoms with E-state index in [2.05, 4.69) is 46.7 Å². The molecule has 6 aromatic rings. The Bertz CT molecular complexity index is 2590. The van der Waals surface area contributed by atoms with Gasteiger partial charge in [-0.1, -0.05) is 48.5 Å². The van der Waals surface area contributed by atoms with Crippen LogP contribution in [-0.2, 0) is 52.9 Å². The van der Waals surface area contributed by atoms with Crippen LogP contribution in [0.2, 0.25) is 0 Å². The first-order valence-corrected chi connectivity index (χ1v) is 21.7. The Morgan fingerprint density at radius 3 is 2.41 bits per heavy atom. The number of hydrogen-bond acceptors (Lipinski definition) is 9. The number of carbonyl (C=O) groups excluding carboxylic acids is 1. The van der Waals surface area contributed by atoms with Gasteiger partial charge in [0.2, 0.25) is 0 Å². The molecule has 2 aliphatic rings. The molecule has 0 bridgehead atoms. The van der Waals surface area contributed by atoms with E-state index >= 15 is 0 Å². The summed E-state index contributed by atoms with van der Waals surface area (Å²) >= 11 is 0. The van der Waals surface area contributed by atoms with Crippen LogP contribution in [0.5, 0.6) is 11.5 Å². The highest BCUT2D eigenvalue weighted by molar-refractivity contribution is 7.86. The number of piperazine rings is 1. The summed E-state index contributed by atoms with van der Waals surface area (Å²) < 4.78 is 56.8. The lowest BCUT2D eigenvalue weighted by atomic mass is 9.94. The van der Waals surface area contributed by atoms with Crippen LogP contribution in [0.4, 0.5) is 5.69 Å². The van der Waals surface area contributed by atoms with Crippen LogP contribution in [0.25, 0.3) is 32.8 Å². The number of aryl methyl sites for hydroxylation is 3. The van der Waals surface area contributed by atoms with Crippen molar-refractivity contribution in [2.75, 3.05) is 65.0 Å². The van der Waals surface area contributed by atoms with Gasteiger partial charge in [-0.25, -0.2) is 4.79 Å². The zero-order valence-corrected chi connectivity index (χ0v) is 35.3. The summed E-state index contributed by atoms with van der Waals surface area (Å²) in [7, 11) is 1.61. The number of rotatable bonds is 13. The maximum Gasteiger partial charge on any atom is 0.355 e. The highest BCUT2D eigenvalue weighted by atomic mass is 32.2. The zero-order valence-electron chi connectivity index (χ0n) is 34.4. The molecule has 1 fully saturated rings. The number of esters is 1. The van der Waals surface area contributed by atoms with Crippen molar-refractivity contribution in [1.29, 1.82) is 0 Å². The van der Waals surface area contributed by atoms with Gasteiger partial charge >= 0.3 is 5.97 Å². The fraction of sp³-hybridized carbons (Fsp3) is 0.378. The van der Waals surface area contributed by atoms with Gasteiger partial charge in [-0.15, -0.1) is 0 Å². The van der Waals surface area contributed by atoms with Gasteiger partial charge in [0, 0.05) is 81.5 Å². The lowest BCUT2D eigenvalue weighted by Gasteiger charge is -2.36. The SMILES string of the molecule is CCOC(=O)c1c(CCCOc2cccc3ccccc23)c2ccc(C)c3c2n1CCOCc1c-3c(COc2ccc(N3CCN(S(=O)(=O)N(C)C)CC3)cc2)nn1C. The van der Waals surface area contributed by atoms with Crippen molar-refractivity contribution >= 4 is 43.5 Å². The van der Waals surface area contributed by atoms with E-state index in [0.29, 0.717) is 76.8 Å². The summed E-state index contributed by atoms with van der Waals surface area (Å²) in [6, 6.07) is 26.5. The molecule has 8 rings (SSSR count). The molecule has 0 spiro atoms. The topological polar surface area (TPSA) is 121 Å². The number of nitrogens with zero attached hydrogens (tertiary/aromatic N) is 6. The van der Waals surface area contributed by atoms with Crippen LogP contribution in [0.3, 0.4) is 0 Å². The Hall–Kier alpha value is -5.41. The van der Waals surface area contributed by atoms with Gasteiger partial charge in [0.15, 0.2) is 0 Å². The largest absolute Gasteiger partial charge is 0.493 e. The highest BCUT2D eigenvalue weighted by Crippen LogP contribution is 2.42. The minimum atomic E-state index is -3.44. The fourth-order valence-corrected chi connectivity index (χ4v) is 9.50. The minimum Gasteiger partial charge on any atom is -0.493 e. The third-order valence-electron chi connectivity index (χ3n) is 11.4. The molecule has 0 aliphatic carbocycles. The lowest BCUT2D eigenvalue weighted by Crippen LogP contribution is -2.51. The van der Waals surface area contributed by atoms with Crippen LogP contribution in [0.15, 0.2) is 78.9 Å². The van der Waals surface area contributed by atoms with Crippen LogP contribution in [-0.4, -0.2) is 97.4 Å². The fourth-order valence-electron chi connectivity index (χ4n) is 8.41. The number of carbonyl (C=O) groups is 1. The van der Waals surface area contributed by atoms with Crippen molar-refractivity contribution in [3.8, 4) is 22.6 Å². The molecule has 13 nitrogen and oxygen atoms in total. The number of aromatic nitrogens is 3. The molecular formula is C45H52N6O7S. The van der Waals surface area contributed by atoms with E-state index in [9.17, 15) is 13.2 Å². The van der Waals surface area contributed by atoms with E-state index in [1.54, 1.807) is 14.1 Å². The minimum absolute atomic E-state index is 0.212. The number of benzene rings is 4. The average molecular weight is 821 g/mol. The van der Waals surface area contributed by atoms with E-state index in [1.165, 1.54) is 8.61 Å². The summed E-state index contributed by atoms with van der Waals surface area (Å²) in [5.41, 5.74) is 8.15. The predicted octanol–water partition coefficient (Wildman–Crippen LogP) is 6.73. The second-order valence-corrected chi connectivity index (χ2v) is 17.3. The molecule has 0 saturated carbocycles. The molecular weight excluding hydrogens is 769 g/mol. The second kappa shape index (κ2) is 17.1. The van der Waals surface area contributed by atoms with E-state index < -0.39 is 10.2 Å². The number of ether oxygens (including phenoxy) is 4. The van der Waals surface area contributed by atoms with Crippen molar-refractivity contribution in [3.63, 3.8) is 0 Å². The van der Waals surface area contributed by atoms with E-state index in [4.69, 9.17) is 24.0 Å². The Morgan fingerprint density at radius 2 is 1.64 bits per heavy atom. The Morgan fingerprint density at radius 1 is 0.881 bits per heavy atom. The Balaban J connectivity index is 1.08. The van der Waals surface area contributed by atoms with Gasteiger partial charge in [-0.05, 0) is 73.5 Å². The van der Waals surface area contributed by atoms with E-state index in [1.807, 2.05) is 67.2 Å². The molecule has 0 N–H and O–H groups in total. The van der Waals surface area contributed by atoms with Crippen molar-refractivity contribution in [2.24, 2.45) is 7.05 Å². The summed E-state index contributed by atoms with van der Waals surface area (Å²) in [4.78, 5) is 16.1. The summed E-state index contributed by atoms with van der Waals surface area (Å²) in [5.74, 6) is 1.18. The second-order valence-electron chi connectivity index (χ2n) is 15.2. The van der Waals surface area contributed by atoms with Crippen LogP contribution in [0, 0.1) is 6.92 Å². The monoisotopic (exact) mass is 820 g/mol. The molecule has 0 atom stereocenters. The molecule has 0 amide bonds. The van der Waals surface area contributed by atoms with E-state index in [-0.39, 0.29) is 19.2 Å². The first-order valence-electron chi connectivity index (χ1n) is 20.3. The molecule has 14 heteroatoms. The van der Waals surface area contributed by atoms with Gasteiger partial charge in [-0.3, -0.25) is 4.68 Å². The maximum absolute atomic E-state index is 13.9. The van der Waals surface area contributed by atoms with Crippen molar-refractivity contribution in [1.82, 2.24) is 23.0 Å². The van der Waals surface area contributed by atoms with E-state index in [0.717, 1.165) is 66.8 Å². The molecule has 0 unspecified atom stereocenters. The van der Waals surface area contributed by atoms with Crippen molar-refractivity contribution < 1.29 is 32.2 Å². The quantitative estimate of drug-likeness (QED) is 0.0923. The number of fused-ring (bicyclic) bond motifs is 3. The predicted molar refractivity (Wildman–Crippen MR) is 229 cm³/mol. The first-order chi connectivity index (χ1) is 28.6. The van der Waals surface area contributed by atoms with Crippen molar-refractivity contribution in [3.05, 3.63) is 107 Å². The molecule has 310 valence electrons. The van der Waals surface area contributed by atoms with Gasteiger partial charge in [-0.2, -0.15) is 22.1 Å². The smallest absolute Gasteiger partial charge is 0.355 e. The molecule has 59 heavy (non-hydrogen) atoms. The normalized spacial score (nSPS) is 14.9.